The summed E-state index contributed by atoms with van der Waals surface area (Å²) < 4.78 is 27.9. The fourth-order valence-corrected chi connectivity index (χ4v) is 5.61. The lowest BCUT2D eigenvalue weighted by atomic mass is 10.0. The molecule has 7 heteroatoms. The Morgan fingerprint density at radius 1 is 0.963 bits per heavy atom. The van der Waals surface area contributed by atoms with E-state index in [9.17, 15) is 8.42 Å². The molecular weight excluding hydrogens is 403 g/mol. The van der Waals surface area contributed by atoms with Crippen LogP contribution in [-0.4, -0.2) is 19.9 Å². The van der Waals surface area contributed by atoms with Gasteiger partial charge in [-0.05, 0) is 72.0 Å². The van der Waals surface area contributed by atoms with Gasteiger partial charge in [-0.25, -0.2) is 8.42 Å². The molecule has 4 nitrogen and oxygen atoms in total. The van der Waals surface area contributed by atoms with E-state index in [1.54, 1.807) is 19.3 Å². The van der Waals surface area contributed by atoms with Crippen molar-refractivity contribution in [3.05, 3.63) is 76.0 Å². The molecule has 27 heavy (non-hydrogen) atoms. The summed E-state index contributed by atoms with van der Waals surface area (Å²) >= 11 is 12.3. The number of hydrogen-bond donors (Lipinski definition) is 0. The molecule has 2 heterocycles. The molecule has 138 valence electrons. The summed E-state index contributed by atoms with van der Waals surface area (Å²) in [6.07, 6.45) is 4.13. The molecule has 0 fully saturated rings. The first kappa shape index (κ1) is 18.3. The average Bonchev–Trinajstić information content (AvgIpc) is 3.09. The quantitative estimate of drug-likeness (QED) is 0.593. The predicted molar refractivity (Wildman–Crippen MR) is 109 cm³/mol. The second-order valence-electron chi connectivity index (χ2n) is 6.44. The van der Waals surface area contributed by atoms with Crippen molar-refractivity contribution in [3.63, 3.8) is 0 Å². The van der Waals surface area contributed by atoms with Gasteiger partial charge in [-0.3, -0.25) is 9.29 Å². The first-order valence-electron chi connectivity index (χ1n) is 8.39. The van der Waals surface area contributed by atoms with E-state index in [1.165, 1.54) is 16.4 Å². The molecule has 0 spiro atoms. The van der Waals surface area contributed by atoms with E-state index < -0.39 is 10.0 Å². The fraction of sp³-hybridized carbons (Fsp3) is 0.150. The molecule has 0 saturated heterocycles. The van der Waals surface area contributed by atoms with Crippen LogP contribution < -0.4 is 4.31 Å². The molecule has 0 radical (unpaired) electrons. The van der Waals surface area contributed by atoms with E-state index in [4.69, 9.17) is 23.2 Å². The van der Waals surface area contributed by atoms with Crippen molar-refractivity contribution < 1.29 is 8.42 Å². The first-order valence-corrected chi connectivity index (χ1v) is 10.6. The zero-order valence-electron chi connectivity index (χ0n) is 14.5. The van der Waals surface area contributed by atoms with Gasteiger partial charge < -0.3 is 0 Å². The van der Waals surface area contributed by atoms with Crippen LogP contribution in [0.2, 0.25) is 10.0 Å². The molecule has 2 aromatic carbocycles. The summed E-state index contributed by atoms with van der Waals surface area (Å²) in [5, 5.41) is 0.579. The highest BCUT2D eigenvalue weighted by Crippen LogP contribution is 2.38. The van der Waals surface area contributed by atoms with Crippen molar-refractivity contribution in [1.29, 1.82) is 0 Å². The molecule has 0 amide bonds. The average molecular weight is 419 g/mol. The van der Waals surface area contributed by atoms with E-state index in [-0.39, 0.29) is 9.92 Å². The van der Waals surface area contributed by atoms with Gasteiger partial charge in [0.2, 0.25) is 0 Å². The molecule has 0 atom stereocenters. The number of aryl methyl sites for hydroxylation is 1. The van der Waals surface area contributed by atoms with Crippen molar-refractivity contribution in [3.8, 4) is 11.1 Å². The lowest BCUT2D eigenvalue weighted by Gasteiger charge is -2.21. The van der Waals surface area contributed by atoms with Gasteiger partial charge in [-0.1, -0.05) is 29.3 Å². The lowest BCUT2D eigenvalue weighted by molar-refractivity contribution is 0.592. The molecule has 1 aliphatic rings. The number of benzene rings is 2. The summed E-state index contributed by atoms with van der Waals surface area (Å²) in [4.78, 5) is 4.11. The Bertz CT molecular complexity index is 1130. The Morgan fingerprint density at radius 3 is 2.44 bits per heavy atom. The Morgan fingerprint density at radius 2 is 1.70 bits per heavy atom. The van der Waals surface area contributed by atoms with Gasteiger partial charge in [-0.15, -0.1) is 0 Å². The Kier molecular flexibility index (Phi) is 4.62. The number of nitrogens with zero attached hydrogens (tertiary/aromatic N) is 2. The van der Waals surface area contributed by atoms with Crippen LogP contribution in [0.15, 0.2) is 59.8 Å². The van der Waals surface area contributed by atoms with Gasteiger partial charge in [0, 0.05) is 24.0 Å². The Labute approximate surface area is 168 Å². The highest BCUT2D eigenvalue weighted by Gasteiger charge is 2.32. The van der Waals surface area contributed by atoms with Crippen molar-refractivity contribution in [2.75, 3.05) is 10.8 Å². The maximum absolute atomic E-state index is 13.2. The SMILES string of the molecule is Cc1cc(S(=O)(=O)N2CCc3cc(-c4ccncc4)ccc32)c(Cl)cc1Cl. The van der Waals surface area contributed by atoms with E-state index in [0.29, 0.717) is 29.2 Å². The molecule has 3 aromatic rings. The third kappa shape index (κ3) is 3.20. The Balaban J connectivity index is 1.75. The fourth-order valence-electron chi connectivity index (χ4n) is 3.29. The normalized spacial score (nSPS) is 13.7. The minimum atomic E-state index is -3.77. The molecule has 1 aromatic heterocycles. The Hall–Kier alpha value is -2.08. The zero-order chi connectivity index (χ0) is 19.2. The smallest absolute Gasteiger partial charge is 0.265 e. The number of anilines is 1. The maximum atomic E-state index is 13.2. The van der Waals surface area contributed by atoms with E-state index in [2.05, 4.69) is 4.98 Å². The molecule has 1 aliphatic heterocycles. The third-order valence-corrected chi connectivity index (χ3v) is 7.41. The van der Waals surface area contributed by atoms with Gasteiger partial charge in [0.15, 0.2) is 0 Å². The molecule has 0 saturated carbocycles. The summed E-state index contributed by atoms with van der Waals surface area (Å²) in [5.41, 5.74) is 4.44. The van der Waals surface area contributed by atoms with Crippen molar-refractivity contribution >= 4 is 38.9 Å². The highest BCUT2D eigenvalue weighted by molar-refractivity contribution is 7.93. The summed E-state index contributed by atoms with van der Waals surface area (Å²) in [6.45, 7) is 2.14. The number of rotatable bonds is 3. The minimum absolute atomic E-state index is 0.0807. The predicted octanol–water partition coefficient (Wildman–Crippen LogP) is 5.12. The zero-order valence-corrected chi connectivity index (χ0v) is 16.8. The first-order chi connectivity index (χ1) is 12.9. The van der Waals surface area contributed by atoms with E-state index in [1.807, 2.05) is 30.3 Å². The van der Waals surface area contributed by atoms with Gasteiger partial charge in [0.25, 0.3) is 10.0 Å². The summed E-state index contributed by atoms with van der Waals surface area (Å²) in [6, 6.07) is 12.7. The second kappa shape index (κ2) is 6.82. The molecule has 0 unspecified atom stereocenters. The van der Waals surface area contributed by atoms with Gasteiger partial charge >= 0.3 is 0 Å². The molecular formula is C20H16Cl2N2O2S. The van der Waals surface area contributed by atoms with Crippen LogP contribution in [0.5, 0.6) is 0 Å². The van der Waals surface area contributed by atoms with Crippen molar-refractivity contribution in [2.24, 2.45) is 0 Å². The standard InChI is InChI=1S/C20H16Cl2N2O2S/c1-13-10-20(18(22)12-17(13)21)27(25,26)24-9-6-16-11-15(2-3-19(16)24)14-4-7-23-8-5-14/h2-5,7-8,10-12H,6,9H2,1H3. The number of halogens is 2. The van der Waals surface area contributed by atoms with Crippen LogP contribution in [0, 0.1) is 6.92 Å². The number of sulfonamides is 1. The molecule has 0 N–H and O–H groups in total. The van der Waals surface area contributed by atoms with Crippen molar-refractivity contribution in [2.45, 2.75) is 18.2 Å². The van der Waals surface area contributed by atoms with Crippen LogP contribution >= 0.6 is 23.2 Å². The monoisotopic (exact) mass is 418 g/mol. The number of aromatic nitrogens is 1. The van der Waals surface area contributed by atoms with E-state index >= 15 is 0 Å². The van der Waals surface area contributed by atoms with E-state index in [0.717, 1.165) is 16.7 Å². The molecule has 0 bridgehead atoms. The van der Waals surface area contributed by atoms with Crippen LogP contribution in [0.4, 0.5) is 5.69 Å². The summed E-state index contributed by atoms with van der Waals surface area (Å²) in [7, 11) is -3.77. The van der Waals surface area contributed by atoms with Gasteiger partial charge in [0.05, 0.1) is 10.7 Å². The lowest BCUT2D eigenvalue weighted by Crippen LogP contribution is -2.29. The van der Waals surface area contributed by atoms with Crippen LogP contribution in [0.1, 0.15) is 11.1 Å². The van der Waals surface area contributed by atoms with Crippen LogP contribution in [0.25, 0.3) is 11.1 Å². The number of pyridine rings is 1. The van der Waals surface area contributed by atoms with Crippen molar-refractivity contribution in [1.82, 2.24) is 4.98 Å². The molecule has 4 rings (SSSR count). The maximum Gasteiger partial charge on any atom is 0.265 e. The molecule has 0 aliphatic carbocycles. The minimum Gasteiger partial charge on any atom is -0.266 e. The van der Waals surface area contributed by atoms with Crippen LogP contribution in [-0.2, 0) is 16.4 Å². The van der Waals surface area contributed by atoms with Gasteiger partial charge in [-0.2, -0.15) is 0 Å². The summed E-state index contributed by atoms with van der Waals surface area (Å²) in [5.74, 6) is 0. The van der Waals surface area contributed by atoms with Gasteiger partial charge in [0.1, 0.15) is 4.90 Å². The second-order valence-corrected chi connectivity index (χ2v) is 9.08. The van der Waals surface area contributed by atoms with Crippen LogP contribution in [0.3, 0.4) is 0 Å². The largest absolute Gasteiger partial charge is 0.266 e. The highest BCUT2D eigenvalue weighted by atomic mass is 35.5. The third-order valence-electron chi connectivity index (χ3n) is 4.73. The number of hydrogen-bond acceptors (Lipinski definition) is 3. The topological polar surface area (TPSA) is 50.3 Å². The number of fused-ring (bicyclic) bond motifs is 1.